The maximum atomic E-state index is 12.5. The lowest BCUT2D eigenvalue weighted by Crippen LogP contribution is -1.85. The molecule has 0 saturated carbocycles. The van der Waals surface area contributed by atoms with Gasteiger partial charge in [-0.05, 0) is 19.1 Å². The summed E-state index contributed by atoms with van der Waals surface area (Å²) >= 11 is 0. The SMILES string of the molecule is Cc1c(C#N)ccc(F)c1O. The molecule has 0 saturated heterocycles. The molecular weight excluding hydrogens is 145 g/mol. The Morgan fingerprint density at radius 3 is 2.73 bits per heavy atom. The van der Waals surface area contributed by atoms with Crippen molar-refractivity contribution in [3.63, 3.8) is 0 Å². The summed E-state index contributed by atoms with van der Waals surface area (Å²) in [6, 6.07) is 4.24. The molecule has 56 valence electrons. The van der Waals surface area contributed by atoms with Gasteiger partial charge in [-0.2, -0.15) is 5.26 Å². The van der Waals surface area contributed by atoms with Gasteiger partial charge in [0.15, 0.2) is 11.6 Å². The van der Waals surface area contributed by atoms with E-state index in [1.54, 1.807) is 0 Å². The highest BCUT2D eigenvalue weighted by Gasteiger charge is 2.06. The summed E-state index contributed by atoms with van der Waals surface area (Å²) in [6.45, 7) is 1.50. The van der Waals surface area contributed by atoms with Crippen LogP contribution in [0, 0.1) is 24.1 Å². The molecule has 0 atom stereocenters. The molecule has 0 aliphatic rings. The Kier molecular flexibility index (Phi) is 1.77. The van der Waals surface area contributed by atoms with Gasteiger partial charge in [-0.15, -0.1) is 0 Å². The van der Waals surface area contributed by atoms with Crippen molar-refractivity contribution in [2.24, 2.45) is 0 Å². The highest BCUT2D eigenvalue weighted by Crippen LogP contribution is 2.22. The summed E-state index contributed by atoms with van der Waals surface area (Å²) in [5.74, 6) is -1.13. The van der Waals surface area contributed by atoms with Crippen molar-refractivity contribution in [2.75, 3.05) is 0 Å². The predicted octanol–water partition coefficient (Wildman–Crippen LogP) is 1.71. The molecule has 0 heterocycles. The average Bonchev–Trinajstić information content (AvgIpc) is 2.01. The zero-order chi connectivity index (χ0) is 8.43. The highest BCUT2D eigenvalue weighted by atomic mass is 19.1. The number of nitrogens with zero attached hydrogens (tertiary/aromatic N) is 1. The number of phenols is 1. The van der Waals surface area contributed by atoms with E-state index in [-0.39, 0.29) is 5.56 Å². The Morgan fingerprint density at radius 2 is 2.18 bits per heavy atom. The third-order valence-corrected chi connectivity index (χ3v) is 1.50. The first-order valence-corrected chi connectivity index (χ1v) is 3.05. The van der Waals surface area contributed by atoms with Gasteiger partial charge >= 0.3 is 0 Å². The summed E-state index contributed by atoms with van der Waals surface area (Å²) in [5, 5.41) is 17.4. The van der Waals surface area contributed by atoms with E-state index in [2.05, 4.69) is 0 Å². The molecule has 0 unspecified atom stereocenters. The van der Waals surface area contributed by atoms with Crippen LogP contribution in [0.2, 0.25) is 0 Å². The molecule has 0 aromatic heterocycles. The van der Waals surface area contributed by atoms with Crippen molar-refractivity contribution in [1.82, 2.24) is 0 Å². The molecule has 2 nitrogen and oxygen atoms in total. The number of nitriles is 1. The Balaban J connectivity index is 3.40. The number of hydrogen-bond acceptors (Lipinski definition) is 2. The molecule has 0 spiro atoms. The van der Waals surface area contributed by atoms with Crippen LogP contribution in [-0.2, 0) is 0 Å². The third kappa shape index (κ3) is 1.15. The lowest BCUT2D eigenvalue weighted by molar-refractivity contribution is 0.428. The normalized spacial score (nSPS) is 9.18. The van der Waals surface area contributed by atoms with Crippen LogP contribution in [-0.4, -0.2) is 5.11 Å². The van der Waals surface area contributed by atoms with E-state index in [0.717, 1.165) is 6.07 Å². The first-order chi connectivity index (χ1) is 5.16. The fourth-order valence-corrected chi connectivity index (χ4v) is 0.788. The van der Waals surface area contributed by atoms with Crippen molar-refractivity contribution in [3.8, 4) is 11.8 Å². The standard InChI is InChI=1S/C8H6FNO/c1-5-6(4-10)2-3-7(9)8(5)11/h2-3,11H,1H3. The zero-order valence-electron chi connectivity index (χ0n) is 5.93. The number of phenolic OH excluding ortho intramolecular Hbond substituents is 1. The van der Waals surface area contributed by atoms with Crippen LogP contribution in [0.25, 0.3) is 0 Å². The topological polar surface area (TPSA) is 44.0 Å². The second-order valence-corrected chi connectivity index (χ2v) is 2.18. The fourth-order valence-electron chi connectivity index (χ4n) is 0.788. The lowest BCUT2D eigenvalue weighted by Gasteiger charge is -2.00. The number of benzene rings is 1. The molecule has 0 aliphatic carbocycles. The average molecular weight is 151 g/mol. The summed E-state index contributed by atoms with van der Waals surface area (Å²) in [5.41, 5.74) is 0.580. The van der Waals surface area contributed by atoms with Crippen molar-refractivity contribution in [2.45, 2.75) is 6.92 Å². The van der Waals surface area contributed by atoms with Crippen LogP contribution >= 0.6 is 0 Å². The smallest absolute Gasteiger partial charge is 0.165 e. The van der Waals surface area contributed by atoms with Crippen LogP contribution in [0.3, 0.4) is 0 Å². The molecule has 1 rings (SSSR count). The molecule has 1 aromatic rings. The summed E-state index contributed by atoms with van der Waals surface area (Å²) in [4.78, 5) is 0. The summed E-state index contributed by atoms with van der Waals surface area (Å²) < 4.78 is 12.5. The van der Waals surface area contributed by atoms with Gasteiger partial charge in [0.05, 0.1) is 11.6 Å². The molecule has 3 heteroatoms. The summed E-state index contributed by atoms with van der Waals surface area (Å²) in [6.07, 6.45) is 0. The minimum atomic E-state index is -0.693. The van der Waals surface area contributed by atoms with Crippen LogP contribution in [0.15, 0.2) is 12.1 Å². The van der Waals surface area contributed by atoms with Crippen LogP contribution < -0.4 is 0 Å². The van der Waals surface area contributed by atoms with E-state index in [0.29, 0.717) is 5.56 Å². The van der Waals surface area contributed by atoms with Gasteiger partial charge in [0.1, 0.15) is 0 Å². The minimum Gasteiger partial charge on any atom is -0.505 e. The Bertz CT molecular complexity index is 328. The van der Waals surface area contributed by atoms with Crippen LogP contribution in [0.4, 0.5) is 4.39 Å². The van der Waals surface area contributed by atoms with E-state index in [1.807, 2.05) is 6.07 Å². The van der Waals surface area contributed by atoms with Gasteiger partial charge in [-0.1, -0.05) is 0 Å². The van der Waals surface area contributed by atoms with Gasteiger partial charge in [-0.25, -0.2) is 4.39 Å². The second kappa shape index (κ2) is 2.59. The number of aromatic hydroxyl groups is 1. The molecule has 0 bridgehead atoms. The highest BCUT2D eigenvalue weighted by molar-refractivity contribution is 5.45. The van der Waals surface area contributed by atoms with Crippen LogP contribution in [0.1, 0.15) is 11.1 Å². The first kappa shape index (κ1) is 7.55. The Hall–Kier alpha value is -1.56. The predicted molar refractivity (Wildman–Crippen MR) is 37.5 cm³/mol. The monoisotopic (exact) mass is 151 g/mol. The van der Waals surface area contributed by atoms with E-state index >= 15 is 0 Å². The molecule has 1 aromatic carbocycles. The van der Waals surface area contributed by atoms with Gasteiger partial charge in [-0.3, -0.25) is 0 Å². The quantitative estimate of drug-likeness (QED) is 0.613. The fraction of sp³-hybridized carbons (Fsp3) is 0.125. The molecular formula is C8H6FNO. The van der Waals surface area contributed by atoms with Gasteiger partial charge in [0.2, 0.25) is 0 Å². The largest absolute Gasteiger partial charge is 0.505 e. The van der Waals surface area contributed by atoms with Crippen molar-refractivity contribution in [3.05, 3.63) is 29.1 Å². The Labute approximate surface area is 63.5 Å². The minimum absolute atomic E-state index is 0.285. The van der Waals surface area contributed by atoms with Crippen molar-refractivity contribution in [1.29, 1.82) is 5.26 Å². The summed E-state index contributed by atoms with van der Waals surface area (Å²) in [7, 11) is 0. The van der Waals surface area contributed by atoms with E-state index in [1.165, 1.54) is 13.0 Å². The Morgan fingerprint density at radius 1 is 1.55 bits per heavy atom. The number of hydrogen-bond donors (Lipinski definition) is 1. The lowest BCUT2D eigenvalue weighted by atomic mass is 10.1. The van der Waals surface area contributed by atoms with E-state index in [9.17, 15) is 4.39 Å². The van der Waals surface area contributed by atoms with Crippen molar-refractivity contribution >= 4 is 0 Å². The molecule has 0 amide bonds. The van der Waals surface area contributed by atoms with E-state index < -0.39 is 11.6 Å². The molecule has 1 N–H and O–H groups in total. The second-order valence-electron chi connectivity index (χ2n) is 2.18. The van der Waals surface area contributed by atoms with E-state index in [4.69, 9.17) is 10.4 Å². The molecule has 11 heavy (non-hydrogen) atoms. The number of halogens is 1. The van der Waals surface area contributed by atoms with Gasteiger partial charge < -0.3 is 5.11 Å². The molecule has 0 aliphatic heterocycles. The van der Waals surface area contributed by atoms with Crippen molar-refractivity contribution < 1.29 is 9.50 Å². The molecule has 0 fully saturated rings. The third-order valence-electron chi connectivity index (χ3n) is 1.50. The number of rotatable bonds is 0. The van der Waals surface area contributed by atoms with Gasteiger partial charge in [0.25, 0.3) is 0 Å². The molecule has 0 radical (unpaired) electrons. The first-order valence-electron chi connectivity index (χ1n) is 3.05. The van der Waals surface area contributed by atoms with Crippen LogP contribution in [0.5, 0.6) is 5.75 Å². The maximum Gasteiger partial charge on any atom is 0.165 e. The zero-order valence-corrected chi connectivity index (χ0v) is 5.93. The maximum absolute atomic E-state index is 12.5. The van der Waals surface area contributed by atoms with Gasteiger partial charge in [0, 0.05) is 5.56 Å².